The summed E-state index contributed by atoms with van der Waals surface area (Å²) in [5.41, 5.74) is 1.20. The number of aromatic hydroxyl groups is 2. The molecule has 0 aliphatic carbocycles. The Balaban J connectivity index is 0.000000243. The van der Waals surface area contributed by atoms with Crippen LogP contribution in [0, 0.1) is 19.7 Å². The number of alkyl halides is 6. The van der Waals surface area contributed by atoms with E-state index in [0.717, 1.165) is 34.9 Å². The molecule has 0 aromatic heterocycles. The van der Waals surface area contributed by atoms with Gasteiger partial charge in [0.1, 0.15) is 41.2 Å². The Kier molecular flexibility index (Phi) is 13.3. The van der Waals surface area contributed by atoms with Gasteiger partial charge in [0, 0.05) is 12.1 Å². The molecule has 0 radical (unpaired) electrons. The standard InChI is InChI=1S/C21H16BrF3O2.C7H3BrF4.C7H8O2/c1-14-9-17(26-13-15-5-3-2-4-6-15)12-18(10-14)27-20-8-7-16(11-19(20)22)21(23,24)25;8-5-3-4(7(10,11)12)1-2-6(5)9;1-5-2-6(8)4-7(9)3-5/h2-12H,13H2,1H3;1-3H;2-4,8-9H,1H3. The highest BCUT2D eigenvalue weighted by atomic mass is 79.9. The van der Waals surface area contributed by atoms with Crippen molar-refractivity contribution < 1.29 is 50.4 Å². The van der Waals surface area contributed by atoms with E-state index in [0.29, 0.717) is 36.0 Å². The monoisotopic (exact) mass is 802 g/mol. The molecule has 0 spiro atoms. The predicted octanol–water partition coefficient (Wildman–Crippen LogP) is 12.2. The molecular formula is C35H27Br2F7O4. The van der Waals surface area contributed by atoms with Crippen LogP contribution in [-0.4, -0.2) is 10.2 Å². The fourth-order valence-corrected chi connectivity index (χ4v) is 4.74. The third kappa shape index (κ3) is 12.4. The molecule has 5 rings (SSSR count). The lowest BCUT2D eigenvalue weighted by Gasteiger charge is -2.13. The molecule has 5 aromatic carbocycles. The number of hydrogen-bond acceptors (Lipinski definition) is 4. The number of rotatable bonds is 5. The second kappa shape index (κ2) is 16.7. The van der Waals surface area contributed by atoms with E-state index < -0.39 is 29.3 Å². The zero-order valence-corrected chi connectivity index (χ0v) is 28.3. The minimum atomic E-state index is -4.42. The van der Waals surface area contributed by atoms with Crippen LogP contribution in [-0.2, 0) is 19.0 Å². The second-order valence-corrected chi connectivity index (χ2v) is 11.9. The fraction of sp³-hybridized carbons (Fsp3) is 0.143. The number of phenolic OH excluding ortho intramolecular Hbond substituents is 2. The molecule has 0 unspecified atom stereocenters. The summed E-state index contributed by atoms with van der Waals surface area (Å²) in [7, 11) is 0. The van der Waals surface area contributed by atoms with Crippen LogP contribution < -0.4 is 9.47 Å². The van der Waals surface area contributed by atoms with Crippen LogP contribution in [0.4, 0.5) is 30.7 Å². The molecule has 5 aromatic rings. The maximum absolute atomic E-state index is 12.8. The highest BCUT2D eigenvalue weighted by Crippen LogP contribution is 2.37. The molecule has 0 saturated carbocycles. The van der Waals surface area contributed by atoms with Crippen LogP contribution in [0.25, 0.3) is 0 Å². The van der Waals surface area contributed by atoms with Crippen molar-refractivity contribution in [3.8, 4) is 28.7 Å². The van der Waals surface area contributed by atoms with Crippen molar-refractivity contribution in [3.63, 3.8) is 0 Å². The van der Waals surface area contributed by atoms with Crippen LogP contribution in [0.1, 0.15) is 27.8 Å². The van der Waals surface area contributed by atoms with Gasteiger partial charge in [0.15, 0.2) is 0 Å². The zero-order valence-electron chi connectivity index (χ0n) is 25.1. The van der Waals surface area contributed by atoms with Gasteiger partial charge in [-0.25, -0.2) is 4.39 Å². The molecule has 13 heteroatoms. The van der Waals surface area contributed by atoms with E-state index in [-0.39, 0.29) is 20.4 Å². The van der Waals surface area contributed by atoms with Crippen LogP contribution in [0.2, 0.25) is 0 Å². The average Bonchev–Trinajstić information content (AvgIpc) is 2.98. The molecule has 0 heterocycles. The van der Waals surface area contributed by atoms with Crippen molar-refractivity contribution in [2.45, 2.75) is 32.8 Å². The molecule has 0 saturated heterocycles. The van der Waals surface area contributed by atoms with Crippen molar-refractivity contribution in [1.29, 1.82) is 0 Å². The molecular weight excluding hydrogens is 777 g/mol. The Labute approximate surface area is 288 Å². The lowest BCUT2D eigenvalue weighted by atomic mass is 10.2. The highest BCUT2D eigenvalue weighted by Gasteiger charge is 2.31. The largest absolute Gasteiger partial charge is 0.508 e. The molecule has 4 nitrogen and oxygen atoms in total. The number of benzene rings is 5. The first-order valence-electron chi connectivity index (χ1n) is 13.8. The number of halogens is 9. The number of hydrogen-bond donors (Lipinski definition) is 2. The summed E-state index contributed by atoms with van der Waals surface area (Å²) < 4.78 is 98.3. The first kappa shape index (κ1) is 38.2. The Hall–Kier alpha value is -4.23. The molecule has 48 heavy (non-hydrogen) atoms. The van der Waals surface area contributed by atoms with Crippen LogP contribution in [0.3, 0.4) is 0 Å². The van der Waals surface area contributed by atoms with Crippen LogP contribution >= 0.6 is 31.9 Å². The third-order valence-electron chi connectivity index (χ3n) is 6.05. The van der Waals surface area contributed by atoms with Gasteiger partial charge in [-0.2, -0.15) is 26.3 Å². The summed E-state index contributed by atoms with van der Waals surface area (Å²) in [4.78, 5) is 0. The van der Waals surface area contributed by atoms with Crippen molar-refractivity contribution in [2.24, 2.45) is 0 Å². The minimum absolute atomic E-state index is 0.104. The van der Waals surface area contributed by atoms with Crippen molar-refractivity contribution >= 4 is 31.9 Å². The maximum atomic E-state index is 12.8. The van der Waals surface area contributed by atoms with Gasteiger partial charge in [0.2, 0.25) is 0 Å². The molecule has 0 aliphatic rings. The summed E-state index contributed by atoms with van der Waals surface area (Å²) in [6, 6.07) is 25.0. The SMILES string of the molecule is Cc1cc(O)cc(O)c1.Cc1cc(OCc2ccccc2)cc(Oc2ccc(C(F)(F)F)cc2Br)c1.Fc1ccc(C(F)(F)F)cc1Br. The Morgan fingerprint density at radius 1 is 0.604 bits per heavy atom. The molecule has 254 valence electrons. The van der Waals surface area contributed by atoms with E-state index in [4.69, 9.17) is 19.7 Å². The van der Waals surface area contributed by atoms with E-state index in [1.807, 2.05) is 43.3 Å². The molecule has 0 atom stereocenters. The Morgan fingerprint density at radius 3 is 1.65 bits per heavy atom. The second-order valence-electron chi connectivity index (χ2n) is 10.2. The summed E-state index contributed by atoms with van der Waals surface area (Å²) >= 11 is 5.80. The van der Waals surface area contributed by atoms with Gasteiger partial charge < -0.3 is 19.7 Å². The minimum Gasteiger partial charge on any atom is -0.508 e. The molecule has 0 fully saturated rings. The van der Waals surface area contributed by atoms with Gasteiger partial charge in [-0.1, -0.05) is 30.3 Å². The lowest BCUT2D eigenvalue weighted by molar-refractivity contribution is -0.138. The lowest BCUT2D eigenvalue weighted by Crippen LogP contribution is -2.04. The van der Waals surface area contributed by atoms with E-state index in [1.54, 1.807) is 31.2 Å². The van der Waals surface area contributed by atoms with Gasteiger partial charge in [-0.15, -0.1) is 0 Å². The summed E-state index contributed by atoms with van der Waals surface area (Å²) in [5, 5.41) is 17.7. The first-order valence-corrected chi connectivity index (χ1v) is 15.3. The predicted molar refractivity (Wildman–Crippen MR) is 175 cm³/mol. The Bertz CT molecular complexity index is 1760. The highest BCUT2D eigenvalue weighted by molar-refractivity contribution is 9.10. The topological polar surface area (TPSA) is 58.9 Å². The molecule has 0 aliphatic heterocycles. The van der Waals surface area contributed by atoms with Crippen molar-refractivity contribution in [2.75, 3.05) is 0 Å². The van der Waals surface area contributed by atoms with Gasteiger partial charge >= 0.3 is 12.4 Å². The van der Waals surface area contributed by atoms with Gasteiger partial charge in [0.25, 0.3) is 0 Å². The maximum Gasteiger partial charge on any atom is 0.416 e. The zero-order chi connectivity index (χ0) is 35.6. The first-order chi connectivity index (χ1) is 22.4. The number of ether oxygens (including phenoxy) is 2. The average molecular weight is 804 g/mol. The fourth-order valence-electron chi connectivity index (χ4n) is 3.90. The molecule has 0 amide bonds. The summed E-state index contributed by atoms with van der Waals surface area (Å²) in [6.07, 6.45) is -8.82. The van der Waals surface area contributed by atoms with E-state index in [2.05, 4.69) is 31.9 Å². The Morgan fingerprint density at radius 2 is 1.12 bits per heavy atom. The van der Waals surface area contributed by atoms with E-state index in [9.17, 15) is 30.7 Å². The summed E-state index contributed by atoms with van der Waals surface area (Å²) in [5.74, 6) is 0.904. The van der Waals surface area contributed by atoms with E-state index in [1.165, 1.54) is 12.1 Å². The number of phenols is 2. The van der Waals surface area contributed by atoms with Gasteiger partial charge in [-0.05, 0) is 123 Å². The van der Waals surface area contributed by atoms with E-state index >= 15 is 0 Å². The van der Waals surface area contributed by atoms with Crippen LogP contribution in [0.15, 0.2) is 112 Å². The smallest absolute Gasteiger partial charge is 0.416 e. The van der Waals surface area contributed by atoms with Gasteiger partial charge in [0.05, 0.1) is 20.1 Å². The summed E-state index contributed by atoms with van der Waals surface area (Å²) in [6.45, 7) is 4.11. The third-order valence-corrected chi connectivity index (χ3v) is 7.28. The van der Waals surface area contributed by atoms with Crippen molar-refractivity contribution in [3.05, 3.63) is 146 Å². The normalized spacial score (nSPS) is 11.1. The van der Waals surface area contributed by atoms with Gasteiger partial charge in [-0.3, -0.25) is 0 Å². The number of aryl methyl sites for hydroxylation is 2. The van der Waals surface area contributed by atoms with Crippen LogP contribution in [0.5, 0.6) is 28.7 Å². The van der Waals surface area contributed by atoms with Crippen molar-refractivity contribution in [1.82, 2.24) is 0 Å². The molecule has 0 bridgehead atoms. The quantitative estimate of drug-likeness (QED) is 0.174. The molecule has 2 N–H and O–H groups in total.